The van der Waals surface area contributed by atoms with E-state index in [0.29, 0.717) is 6.42 Å². The number of halogens is 1. The van der Waals surface area contributed by atoms with Gasteiger partial charge in [-0.3, -0.25) is 11.3 Å². The van der Waals surface area contributed by atoms with E-state index in [1.165, 1.54) is 8.45 Å². The minimum atomic E-state index is 0.0924. The van der Waals surface area contributed by atoms with Gasteiger partial charge in [0, 0.05) is 6.42 Å². The summed E-state index contributed by atoms with van der Waals surface area (Å²) >= 11 is 3.97. The third-order valence-electron chi connectivity index (χ3n) is 1.51. The highest BCUT2D eigenvalue weighted by atomic mass is 127. The maximum Gasteiger partial charge on any atom is 0.0656 e. The predicted molar refractivity (Wildman–Crippen MR) is 60.6 cm³/mol. The van der Waals surface area contributed by atoms with Crippen molar-refractivity contribution in [1.82, 2.24) is 5.43 Å². The largest absolute Gasteiger partial charge is 0.271 e. The average Bonchev–Trinajstić information content (AvgIpc) is 2.47. The average molecular weight is 292 g/mol. The maximum atomic E-state index is 5.36. The fourth-order valence-electron chi connectivity index (χ4n) is 0.897. The van der Waals surface area contributed by atoms with Gasteiger partial charge < -0.3 is 0 Å². The van der Waals surface area contributed by atoms with Crippen LogP contribution >= 0.6 is 33.9 Å². The van der Waals surface area contributed by atoms with E-state index in [0.717, 1.165) is 0 Å². The molecule has 0 aromatic carbocycles. The Morgan fingerprint density at radius 3 is 3.00 bits per heavy atom. The first-order valence-electron chi connectivity index (χ1n) is 3.41. The van der Waals surface area contributed by atoms with Gasteiger partial charge >= 0.3 is 0 Å². The fourth-order valence-corrected chi connectivity index (χ4v) is 2.32. The molecule has 0 aliphatic heterocycles. The lowest BCUT2D eigenvalue weighted by Gasteiger charge is -2.09. The minimum Gasteiger partial charge on any atom is -0.271 e. The molecule has 12 heavy (non-hydrogen) atoms. The third-order valence-corrected chi connectivity index (χ3v) is 3.32. The number of nitrogens with two attached hydrogens (primary N) is 1. The molecule has 1 rings (SSSR count). The number of nitrogens with one attached hydrogen (secondary N) is 1. The summed E-state index contributed by atoms with van der Waals surface area (Å²) in [5, 5.41) is 2.07. The molecule has 0 radical (unpaired) electrons. The topological polar surface area (TPSA) is 38.0 Å². The van der Waals surface area contributed by atoms with Crippen LogP contribution in [0.25, 0.3) is 0 Å². The van der Waals surface area contributed by atoms with Crippen LogP contribution in [0, 0.1) is 15.2 Å². The lowest BCUT2D eigenvalue weighted by Crippen LogP contribution is -2.27. The van der Waals surface area contributed by atoms with Gasteiger partial charge in [0.25, 0.3) is 0 Å². The van der Waals surface area contributed by atoms with Crippen LogP contribution in [-0.2, 0) is 0 Å². The molecule has 0 aliphatic rings. The van der Waals surface area contributed by atoms with E-state index in [1.54, 1.807) is 11.3 Å². The lowest BCUT2D eigenvalue weighted by molar-refractivity contribution is 0.569. The van der Waals surface area contributed by atoms with E-state index in [4.69, 9.17) is 12.3 Å². The highest BCUT2D eigenvalue weighted by molar-refractivity contribution is 14.1. The molecular formula is C8H9IN2S. The van der Waals surface area contributed by atoms with Crippen molar-refractivity contribution >= 4 is 33.9 Å². The van der Waals surface area contributed by atoms with Crippen molar-refractivity contribution < 1.29 is 0 Å². The SMILES string of the molecule is C#CCC(NN)c1csc(I)c1. The second kappa shape index (κ2) is 4.82. The lowest BCUT2D eigenvalue weighted by atomic mass is 10.1. The van der Waals surface area contributed by atoms with Crippen molar-refractivity contribution in [2.75, 3.05) is 0 Å². The third kappa shape index (κ3) is 2.45. The second-order valence-corrected chi connectivity index (χ2v) is 5.12. The Balaban J connectivity index is 2.74. The highest BCUT2D eigenvalue weighted by Gasteiger charge is 2.09. The molecule has 1 aromatic heterocycles. The van der Waals surface area contributed by atoms with Crippen LogP contribution in [0.4, 0.5) is 0 Å². The smallest absolute Gasteiger partial charge is 0.0656 e. The van der Waals surface area contributed by atoms with Crippen molar-refractivity contribution in [3.8, 4) is 12.3 Å². The summed E-state index contributed by atoms with van der Waals surface area (Å²) in [6.07, 6.45) is 5.83. The quantitative estimate of drug-likeness (QED) is 0.386. The summed E-state index contributed by atoms with van der Waals surface area (Å²) in [6.45, 7) is 0. The molecule has 0 fully saturated rings. The zero-order chi connectivity index (χ0) is 8.97. The minimum absolute atomic E-state index is 0.0924. The number of rotatable bonds is 3. The number of hydrogen-bond donors (Lipinski definition) is 2. The van der Waals surface area contributed by atoms with Gasteiger partial charge in [-0.1, -0.05) is 0 Å². The normalized spacial score (nSPS) is 12.4. The molecule has 1 aromatic rings. The van der Waals surface area contributed by atoms with Crippen molar-refractivity contribution in [3.05, 3.63) is 19.9 Å². The molecule has 0 amide bonds. The Morgan fingerprint density at radius 1 is 1.83 bits per heavy atom. The van der Waals surface area contributed by atoms with Gasteiger partial charge in [0.05, 0.1) is 8.93 Å². The molecule has 2 nitrogen and oxygen atoms in total. The van der Waals surface area contributed by atoms with Crippen LogP contribution in [0.5, 0.6) is 0 Å². The van der Waals surface area contributed by atoms with Gasteiger partial charge in [0.2, 0.25) is 0 Å². The Bertz CT molecular complexity index is 289. The predicted octanol–water partition coefficient (Wildman–Crippen LogP) is 1.88. The monoisotopic (exact) mass is 292 g/mol. The molecular weight excluding hydrogens is 283 g/mol. The molecule has 0 spiro atoms. The van der Waals surface area contributed by atoms with Crippen molar-refractivity contribution in [2.45, 2.75) is 12.5 Å². The Kier molecular flexibility index (Phi) is 4.01. The molecule has 1 heterocycles. The summed E-state index contributed by atoms with van der Waals surface area (Å²) in [5.74, 6) is 7.94. The van der Waals surface area contributed by atoms with E-state index < -0.39 is 0 Å². The van der Waals surface area contributed by atoms with Crippen molar-refractivity contribution in [2.24, 2.45) is 5.84 Å². The highest BCUT2D eigenvalue weighted by Crippen LogP contribution is 2.23. The van der Waals surface area contributed by atoms with Crippen LogP contribution in [0.2, 0.25) is 0 Å². The second-order valence-electron chi connectivity index (χ2n) is 2.31. The molecule has 64 valence electrons. The number of thiophene rings is 1. The summed E-state index contributed by atoms with van der Waals surface area (Å²) in [5.41, 5.74) is 3.86. The van der Waals surface area contributed by atoms with Gasteiger partial charge in [0.1, 0.15) is 0 Å². The first-order chi connectivity index (χ1) is 5.77. The summed E-state index contributed by atoms with van der Waals surface area (Å²) < 4.78 is 1.25. The van der Waals surface area contributed by atoms with Gasteiger partial charge in [-0.05, 0) is 39.6 Å². The van der Waals surface area contributed by atoms with Gasteiger partial charge in [-0.15, -0.1) is 23.7 Å². The van der Waals surface area contributed by atoms with E-state index >= 15 is 0 Å². The zero-order valence-corrected chi connectivity index (χ0v) is 9.35. The summed E-state index contributed by atoms with van der Waals surface area (Å²) in [4.78, 5) is 0. The van der Waals surface area contributed by atoms with Crippen LogP contribution < -0.4 is 11.3 Å². The number of terminal acetylenes is 1. The maximum absolute atomic E-state index is 5.36. The molecule has 3 N–H and O–H groups in total. The van der Waals surface area contributed by atoms with E-state index in [9.17, 15) is 0 Å². The molecule has 1 unspecified atom stereocenters. The van der Waals surface area contributed by atoms with Crippen LogP contribution in [0.3, 0.4) is 0 Å². The zero-order valence-electron chi connectivity index (χ0n) is 6.38. The summed E-state index contributed by atoms with van der Waals surface area (Å²) in [6, 6.07) is 2.18. The standard InChI is InChI=1S/C8H9IN2S/c1-2-3-7(11-10)6-4-8(9)12-5-6/h1,4-5,7,11H,3,10H2. The Hall–Kier alpha value is -0.0900. The number of hydrazine groups is 1. The van der Waals surface area contributed by atoms with Crippen LogP contribution in [0.1, 0.15) is 18.0 Å². The Morgan fingerprint density at radius 2 is 2.58 bits per heavy atom. The van der Waals surface area contributed by atoms with E-state index in [-0.39, 0.29) is 6.04 Å². The van der Waals surface area contributed by atoms with E-state index in [2.05, 4.69) is 45.4 Å². The van der Waals surface area contributed by atoms with Gasteiger partial charge in [-0.25, -0.2) is 0 Å². The molecule has 4 heteroatoms. The first-order valence-corrected chi connectivity index (χ1v) is 5.37. The van der Waals surface area contributed by atoms with Crippen molar-refractivity contribution in [3.63, 3.8) is 0 Å². The summed E-state index contributed by atoms with van der Waals surface area (Å²) in [7, 11) is 0. The van der Waals surface area contributed by atoms with Crippen LogP contribution in [0.15, 0.2) is 11.4 Å². The molecule has 0 saturated carbocycles. The van der Waals surface area contributed by atoms with Gasteiger partial charge in [-0.2, -0.15) is 0 Å². The molecule has 1 atom stereocenters. The van der Waals surface area contributed by atoms with Gasteiger partial charge in [0.15, 0.2) is 0 Å². The first kappa shape index (κ1) is 9.99. The number of hydrogen-bond acceptors (Lipinski definition) is 3. The molecule has 0 bridgehead atoms. The van der Waals surface area contributed by atoms with E-state index in [1.807, 2.05) is 0 Å². The Labute approximate surface area is 89.7 Å². The van der Waals surface area contributed by atoms with Crippen LogP contribution in [-0.4, -0.2) is 0 Å². The van der Waals surface area contributed by atoms with Crippen molar-refractivity contribution in [1.29, 1.82) is 0 Å². The fraction of sp³-hybridized carbons (Fsp3) is 0.250. The molecule has 0 aliphatic carbocycles. The molecule has 0 saturated heterocycles.